The zero-order valence-corrected chi connectivity index (χ0v) is 12.4. The minimum Gasteiger partial charge on any atom is -0.399 e. The standard InChI is InChI=1S/C17H14ClN3O/c18-15-8-5-13(19)11-16(15)20-17(22)12-3-6-14(7-4-12)21-9-1-2-10-21/h1-11H,19H2,(H,20,22). The van der Waals surface area contributed by atoms with E-state index in [0.29, 0.717) is 22.0 Å². The molecule has 1 amide bonds. The van der Waals surface area contributed by atoms with E-state index in [1.165, 1.54) is 0 Å². The fraction of sp³-hybridized carbons (Fsp3) is 0. The molecule has 3 N–H and O–H groups in total. The van der Waals surface area contributed by atoms with Crippen LogP contribution in [0.25, 0.3) is 5.69 Å². The Bertz CT molecular complexity index is 795. The predicted molar refractivity (Wildman–Crippen MR) is 89.6 cm³/mol. The van der Waals surface area contributed by atoms with Crippen molar-refractivity contribution in [2.45, 2.75) is 0 Å². The molecule has 0 spiro atoms. The van der Waals surface area contributed by atoms with E-state index in [9.17, 15) is 4.79 Å². The fourth-order valence-electron chi connectivity index (χ4n) is 2.12. The number of halogens is 1. The van der Waals surface area contributed by atoms with Crippen molar-refractivity contribution < 1.29 is 4.79 Å². The summed E-state index contributed by atoms with van der Waals surface area (Å²) in [6, 6.07) is 16.2. The van der Waals surface area contributed by atoms with Crippen LogP contribution in [-0.4, -0.2) is 10.5 Å². The summed E-state index contributed by atoms with van der Waals surface area (Å²) >= 11 is 6.05. The van der Waals surface area contributed by atoms with E-state index in [-0.39, 0.29) is 5.91 Å². The monoisotopic (exact) mass is 311 g/mol. The summed E-state index contributed by atoms with van der Waals surface area (Å²) in [6.07, 6.45) is 3.89. The zero-order valence-electron chi connectivity index (χ0n) is 11.7. The lowest BCUT2D eigenvalue weighted by Crippen LogP contribution is -2.12. The normalized spacial score (nSPS) is 10.4. The molecule has 110 valence electrons. The molecular weight excluding hydrogens is 298 g/mol. The minimum absolute atomic E-state index is 0.230. The van der Waals surface area contributed by atoms with Gasteiger partial charge in [0.25, 0.3) is 5.91 Å². The summed E-state index contributed by atoms with van der Waals surface area (Å²) in [5.41, 5.74) is 8.29. The van der Waals surface area contributed by atoms with Gasteiger partial charge < -0.3 is 15.6 Å². The Hall–Kier alpha value is -2.72. The second-order valence-electron chi connectivity index (χ2n) is 4.83. The molecule has 0 fully saturated rings. The number of benzene rings is 2. The van der Waals surface area contributed by atoms with Gasteiger partial charge in [0.2, 0.25) is 0 Å². The molecule has 1 aromatic heterocycles. The lowest BCUT2D eigenvalue weighted by atomic mass is 10.2. The average molecular weight is 312 g/mol. The number of hydrogen-bond donors (Lipinski definition) is 2. The van der Waals surface area contributed by atoms with E-state index < -0.39 is 0 Å². The maximum absolute atomic E-state index is 12.3. The van der Waals surface area contributed by atoms with E-state index in [0.717, 1.165) is 5.69 Å². The number of anilines is 2. The second-order valence-corrected chi connectivity index (χ2v) is 5.24. The van der Waals surface area contributed by atoms with Crippen LogP contribution in [0, 0.1) is 0 Å². The van der Waals surface area contributed by atoms with Crippen molar-refractivity contribution in [3.8, 4) is 5.69 Å². The third-order valence-electron chi connectivity index (χ3n) is 3.27. The highest BCUT2D eigenvalue weighted by Crippen LogP contribution is 2.24. The Balaban J connectivity index is 1.79. The molecule has 1 heterocycles. The molecule has 0 aliphatic carbocycles. The summed E-state index contributed by atoms with van der Waals surface area (Å²) < 4.78 is 1.97. The molecule has 0 bridgehead atoms. The number of hydrogen-bond acceptors (Lipinski definition) is 2. The molecule has 0 unspecified atom stereocenters. The van der Waals surface area contributed by atoms with Crippen molar-refractivity contribution in [3.63, 3.8) is 0 Å². The van der Waals surface area contributed by atoms with Gasteiger partial charge in [-0.25, -0.2) is 0 Å². The molecule has 0 radical (unpaired) electrons. The van der Waals surface area contributed by atoms with Crippen molar-refractivity contribution in [2.24, 2.45) is 0 Å². The van der Waals surface area contributed by atoms with E-state index in [1.54, 1.807) is 30.3 Å². The van der Waals surface area contributed by atoms with Gasteiger partial charge in [-0.2, -0.15) is 0 Å². The largest absolute Gasteiger partial charge is 0.399 e. The van der Waals surface area contributed by atoms with Crippen molar-refractivity contribution >= 4 is 28.9 Å². The van der Waals surface area contributed by atoms with E-state index in [4.69, 9.17) is 17.3 Å². The molecule has 4 nitrogen and oxygen atoms in total. The van der Waals surface area contributed by atoms with Gasteiger partial charge in [0.05, 0.1) is 10.7 Å². The Morgan fingerprint density at radius 1 is 1.05 bits per heavy atom. The maximum atomic E-state index is 12.3. The number of nitrogens with zero attached hydrogens (tertiary/aromatic N) is 1. The van der Waals surface area contributed by atoms with Gasteiger partial charge in [0.1, 0.15) is 0 Å². The predicted octanol–water partition coefficient (Wildman–Crippen LogP) is 3.97. The first-order chi connectivity index (χ1) is 10.6. The van der Waals surface area contributed by atoms with Crippen LogP contribution in [0.3, 0.4) is 0 Å². The summed E-state index contributed by atoms with van der Waals surface area (Å²) in [4.78, 5) is 12.3. The topological polar surface area (TPSA) is 60.0 Å². The van der Waals surface area contributed by atoms with Gasteiger partial charge in [-0.3, -0.25) is 4.79 Å². The van der Waals surface area contributed by atoms with Crippen LogP contribution in [0.1, 0.15) is 10.4 Å². The van der Waals surface area contributed by atoms with Gasteiger partial charge in [-0.05, 0) is 54.6 Å². The summed E-state index contributed by atoms with van der Waals surface area (Å²) in [5, 5.41) is 3.21. The number of nitrogens with two attached hydrogens (primary N) is 1. The van der Waals surface area contributed by atoms with Crippen LogP contribution in [0.4, 0.5) is 11.4 Å². The number of aromatic nitrogens is 1. The highest BCUT2D eigenvalue weighted by molar-refractivity contribution is 6.34. The van der Waals surface area contributed by atoms with Gasteiger partial charge >= 0.3 is 0 Å². The second kappa shape index (κ2) is 5.95. The molecule has 5 heteroatoms. The van der Waals surface area contributed by atoms with Gasteiger partial charge in [-0.1, -0.05) is 11.6 Å². The third-order valence-corrected chi connectivity index (χ3v) is 3.60. The summed E-state index contributed by atoms with van der Waals surface area (Å²) in [6.45, 7) is 0. The van der Waals surface area contributed by atoms with E-state index in [2.05, 4.69) is 5.32 Å². The third kappa shape index (κ3) is 2.97. The van der Waals surface area contributed by atoms with Crippen LogP contribution in [0.2, 0.25) is 5.02 Å². The first-order valence-electron chi connectivity index (χ1n) is 6.73. The van der Waals surface area contributed by atoms with Crippen molar-refractivity contribution in [1.29, 1.82) is 0 Å². The number of nitrogens with one attached hydrogen (secondary N) is 1. The Kier molecular flexibility index (Phi) is 3.85. The molecule has 0 saturated heterocycles. The van der Waals surface area contributed by atoms with Crippen LogP contribution in [0.5, 0.6) is 0 Å². The maximum Gasteiger partial charge on any atom is 0.255 e. The number of rotatable bonds is 3. The molecule has 0 aliphatic heterocycles. The molecular formula is C17H14ClN3O. The highest BCUT2D eigenvalue weighted by atomic mass is 35.5. The number of amides is 1. The Morgan fingerprint density at radius 3 is 2.41 bits per heavy atom. The van der Waals surface area contributed by atoms with E-state index >= 15 is 0 Å². The van der Waals surface area contributed by atoms with Crippen LogP contribution >= 0.6 is 11.6 Å². The molecule has 0 atom stereocenters. The van der Waals surface area contributed by atoms with Crippen molar-refractivity contribution in [2.75, 3.05) is 11.1 Å². The number of carbonyl (C=O) groups excluding carboxylic acids is 1. The number of carbonyl (C=O) groups is 1. The van der Waals surface area contributed by atoms with Gasteiger partial charge in [0.15, 0.2) is 0 Å². The summed E-state index contributed by atoms with van der Waals surface area (Å²) in [5.74, 6) is -0.230. The molecule has 0 saturated carbocycles. The lowest BCUT2D eigenvalue weighted by molar-refractivity contribution is 0.102. The lowest BCUT2D eigenvalue weighted by Gasteiger charge is -2.09. The van der Waals surface area contributed by atoms with E-state index in [1.807, 2.05) is 41.2 Å². The van der Waals surface area contributed by atoms with Gasteiger partial charge in [0, 0.05) is 29.3 Å². The summed E-state index contributed by atoms with van der Waals surface area (Å²) in [7, 11) is 0. The molecule has 2 aromatic carbocycles. The Labute approximate surface area is 133 Å². The van der Waals surface area contributed by atoms with Crippen LogP contribution in [-0.2, 0) is 0 Å². The number of nitrogen functional groups attached to an aromatic ring is 1. The Morgan fingerprint density at radius 2 is 1.73 bits per heavy atom. The average Bonchev–Trinajstić information content (AvgIpc) is 3.05. The van der Waals surface area contributed by atoms with Crippen molar-refractivity contribution in [3.05, 3.63) is 77.6 Å². The smallest absolute Gasteiger partial charge is 0.255 e. The molecule has 3 aromatic rings. The SMILES string of the molecule is Nc1ccc(Cl)c(NC(=O)c2ccc(-n3cccc3)cc2)c1. The van der Waals surface area contributed by atoms with Crippen molar-refractivity contribution in [1.82, 2.24) is 4.57 Å². The first kappa shape index (κ1) is 14.2. The zero-order chi connectivity index (χ0) is 15.5. The van der Waals surface area contributed by atoms with Crippen LogP contribution in [0.15, 0.2) is 67.0 Å². The molecule has 22 heavy (non-hydrogen) atoms. The molecule has 0 aliphatic rings. The fourth-order valence-corrected chi connectivity index (χ4v) is 2.29. The highest BCUT2D eigenvalue weighted by Gasteiger charge is 2.09. The minimum atomic E-state index is -0.230. The van der Waals surface area contributed by atoms with Crippen LogP contribution < -0.4 is 11.1 Å². The quantitative estimate of drug-likeness (QED) is 0.719. The first-order valence-corrected chi connectivity index (χ1v) is 7.11. The molecule has 3 rings (SSSR count). The van der Waals surface area contributed by atoms with Gasteiger partial charge in [-0.15, -0.1) is 0 Å².